The molecule has 1 rings (SSSR count). The van der Waals surface area contributed by atoms with Crippen molar-refractivity contribution in [1.82, 2.24) is 5.32 Å². The van der Waals surface area contributed by atoms with Crippen LogP contribution in [0.1, 0.15) is 277 Å². The quantitative estimate of drug-likeness (QED) is 0.0261. The van der Waals surface area contributed by atoms with Crippen LogP contribution in [-0.4, -0.2) is 87.5 Å². The smallest absolute Gasteiger partial charge is 0.220 e. The van der Waals surface area contributed by atoms with Crippen molar-refractivity contribution >= 4 is 5.91 Å². The van der Waals surface area contributed by atoms with Gasteiger partial charge in [-0.05, 0) is 96.3 Å². The Kier molecular flexibility index (Phi) is 56.7. The number of nitrogens with one attached hydrogen (secondary N) is 1. The molecule has 1 saturated heterocycles. The van der Waals surface area contributed by atoms with Gasteiger partial charge < -0.3 is 40.3 Å². The molecule has 0 bridgehead atoms. The van der Waals surface area contributed by atoms with Crippen LogP contribution in [0, 0.1) is 0 Å². The first-order valence-electron chi connectivity index (χ1n) is 33.8. The monoisotopic (exact) mass is 1140 g/mol. The minimum atomic E-state index is -1.58. The van der Waals surface area contributed by atoms with Gasteiger partial charge in [-0.1, -0.05) is 296 Å². The summed E-state index contributed by atoms with van der Waals surface area (Å²) in [5.41, 5.74) is 0. The molecule has 1 amide bonds. The first kappa shape index (κ1) is 76.6. The topological polar surface area (TPSA) is 149 Å². The summed E-state index contributed by atoms with van der Waals surface area (Å²) in [7, 11) is 0. The van der Waals surface area contributed by atoms with Crippen molar-refractivity contribution in [2.45, 2.75) is 320 Å². The number of amides is 1. The molecule has 0 aromatic carbocycles. The molecule has 7 atom stereocenters. The van der Waals surface area contributed by atoms with E-state index in [0.717, 1.165) is 89.9 Å². The number of allylic oxidation sites excluding steroid dienone is 19. The molecule has 0 aliphatic carbocycles. The van der Waals surface area contributed by atoms with Gasteiger partial charge in [-0.2, -0.15) is 0 Å². The van der Waals surface area contributed by atoms with E-state index in [1.54, 1.807) is 6.08 Å². The van der Waals surface area contributed by atoms with Crippen molar-refractivity contribution in [3.8, 4) is 0 Å². The van der Waals surface area contributed by atoms with E-state index in [1.807, 2.05) is 6.08 Å². The Balaban J connectivity index is 2.14. The molecule has 82 heavy (non-hydrogen) atoms. The highest BCUT2D eigenvalue weighted by atomic mass is 16.7. The molecule has 0 radical (unpaired) electrons. The Labute approximate surface area is 503 Å². The van der Waals surface area contributed by atoms with Crippen molar-refractivity contribution in [3.05, 3.63) is 122 Å². The lowest BCUT2D eigenvalue weighted by molar-refractivity contribution is -0.302. The SMILES string of the molecule is CC/C=C\C/C=C\C/C=C\C/C=C\C/C=C\C/C=C\C/C=C\C/C=C\CCCCCCCCCCCCCCCCC(=O)NC(COC1OC(CO)C(O)C(O)C1O)C(O)/C=C/CC/C=C/CCCCCCCCCCCCCCCC. The van der Waals surface area contributed by atoms with E-state index in [0.29, 0.717) is 6.42 Å². The van der Waals surface area contributed by atoms with Crippen LogP contribution < -0.4 is 5.32 Å². The van der Waals surface area contributed by atoms with Crippen LogP contribution in [0.4, 0.5) is 0 Å². The van der Waals surface area contributed by atoms with E-state index >= 15 is 0 Å². The average molecular weight is 1140 g/mol. The van der Waals surface area contributed by atoms with Gasteiger partial charge in [0.1, 0.15) is 24.4 Å². The molecule has 1 aliphatic rings. The predicted octanol–water partition coefficient (Wildman–Crippen LogP) is 18.2. The summed E-state index contributed by atoms with van der Waals surface area (Å²) in [4.78, 5) is 13.1. The van der Waals surface area contributed by atoms with Crippen molar-refractivity contribution in [2.75, 3.05) is 13.2 Å². The van der Waals surface area contributed by atoms with Gasteiger partial charge >= 0.3 is 0 Å². The second-order valence-corrected chi connectivity index (χ2v) is 22.9. The van der Waals surface area contributed by atoms with Gasteiger partial charge in [-0.25, -0.2) is 0 Å². The fourth-order valence-electron chi connectivity index (χ4n) is 10.0. The highest BCUT2D eigenvalue weighted by Crippen LogP contribution is 2.23. The lowest BCUT2D eigenvalue weighted by atomic mass is 9.99. The van der Waals surface area contributed by atoms with Gasteiger partial charge in [0.05, 0.1) is 25.4 Å². The molecule has 7 unspecified atom stereocenters. The molecule has 1 heterocycles. The summed E-state index contributed by atoms with van der Waals surface area (Å²) in [5, 5.41) is 54.6. The van der Waals surface area contributed by atoms with Crippen LogP contribution in [0.5, 0.6) is 0 Å². The third-order valence-corrected chi connectivity index (χ3v) is 15.3. The van der Waals surface area contributed by atoms with E-state index in [2.05, 4.69) is 129 Å². The number of hydrogen-bond donors (Lipinski definition) is 6. The van der Waals surface area contributed by atoms with E-state index in [4.69, 9.17) is 9.47 Å². The van der Waals surface area contributed by atoms with Crippen molar-refractivity contribution in [3.63, 3.8) is 0 Å². The molecule has 9 heteroatoms. The van der Waals surface area contributed by atoms with Crippen LogP contribution in [0.2, 0.25) is 0 Å². The maximum atomic E-state index is 13.1. The maximum Gasteiger partial charge on any atom is 0.220 e. The lowest BCUT2D eigenvalue weighted by Gasteiger charge is -2.40. The molecule has 470 valence electrons. The zero-order valence-electron chi connectivity index (χ0n) is 52.5. The third kappa shape index (κ3) is 48.9. The number of carbonyl (C=O) groups is 1. The Morgan fingerprint density at radius 3 is 1.17 bits per heavy atom. The first-order valence-corrected chi connectivity index (χ1v) is 33.8. The van der Waals surface area contributed by atoms with Gasteiger partial charge in [0.15, 0.2) is 6.29 Å². The fourth-order valence-corrected chi connectivity index (χ4v) is 10.0. The Morgan fingerprint density at radius 2 is 0.768 bits per heavy atom. The number of unbranched alkanes of at least 4 members (excludes halogenated alkanes) is 29. The van der Waals surface area contributed by atoms with Crippen molar-refractivity contribution in [1.29, 1.82) is 0 Å². The molecule has 6 N–H and O–H groups in total. The number of hydrogen-bond acceptors (Lipinski definition) is 8. The molecular formula is C73H125NO8. The summed E-state index contributed by atoms with van der Waals surface area (Å²) in [6.07, 6.45) is 84.3. The molecule has 0 spiro atoms. The Morgan fingerprint density at radius 1 is 0.427 bits per heavy atom. The molecule has 0 aromatic heterocycles. The Bertz CT molecular complexity index is 1710. The summed E-state index contributed by atoms with van der Waals surface area (Å²) < 4.78 is 11.3. The third-order valence-electron chi connectivity index (χ3n) is 15.3. The lowest BCUT2D eigenvalue weighted by Crippen LogP contribution is -2.60. The maximum absolute atomic E-state index is 13.1. The predicted molar refractivity (Wildman–Crippen MR) is 350 cm³/mol. The zero-order valence-corrected chi connectivity index (χ0v) is 52.5. The van der Waals surface area contributed by atoms with Gasteiger partial charge in [0.2, 0.25) is 5.91 Å². The van der Waals surface area contributed by atoms with E-state index in [9.17, 15) is 30.3 Å². The van der Waals surface area contributed by atoms with Gasteiger partial charge in [0.25, 0.3) is 0 Å². The largest absolute Gasteiger partial charge is 0.394 e. The summed E-state index contributed by atoms with van der Waals surface area (Å²) in [5.74, 6) is -0.189. The molecule has 0 saturated carbocycles. The summed E-state index contributed by atoms with van der Waals surface area (Å²) in [6, 6.07) is -0.830. The Hall–Kier alpha value is -3.41. The standard InChI is InChI=1S/C73H125NO8/c1-3-5-7-9-11-13-15-17-19-21-23-25-26-27-28-29-30-31-32-33-34-35-36-37-38-39-40-41-42-43-45-47-49-51-53-55-57-59-61-63-69(77)74-66(65-81-73-72(80)71(79)70(78)68(64-75)82-73)67(76)62-60-58-56-54-52-50-48-46-44-24-22-20-18-16-14-12-10-8-6-4-2/h5,7,11,13,17,19,23,25,27-28,30-31,33-34,36-37,52,54,60,62,66-68,70-73,75-76,78-80H,3-4,6,8-10,12,14-16,18,20-22,24,26,29,32,35,38-51,53,55-59,61,63-65H2,1-2H3,(H,74,77)/b7-5-,13-11-,19-17-,25-23-,28-27-,31-30-,34-33-,37-36-,54-52+,62-60+. The van der Waals surface area contributed by atoms with Crippen LogP contribution in [0.25, 0.3) is 0 Å². The minimum Gasteiger partial charge on any atom is -0.394 e. The molecule has 1 fully saturated rings. The number of aliphatic hydroxyl groups excluding tert-OH is 5. The summed E-state index contributed by atoms with van der Waals surface area (Å²) in [6.45, 7) is 3.66. The average Bonchev–Trinajstić information content (AvgIpc) is 3.52. The second-order valence-electron chi connectivity index (χ2n) is 22.9. The molecule has 0 aromatic rings. The highest BCUT2D eigenvalue weighted by Gasteiger charge is 2.44. The molecule has 9 nitrogen and oxygen atoms in total. The first-order chi connectivity index (χ1) is 40.3. The van der Waals surface area contributed by atoms with E-state index < -0.39 is 49.5 Å². The number of ether oxygens (including phenoxy) is 2. The van der Waals surface area contributed by atoms with Crippen molar-refractivity contribution < 1.29 is 39.8 Å². The van der Waals surface area contributed by atoms with Crippen LogP contribution >= 0.6 is 0 Å². The van der Waals surface area contributed by atoms with Crippen LogP contribution in [-0.2, 0) is 14.3 Å². The van der Waals surface area contributed by atoms with E-state index in [1.165, 1.54) is 167 Å². The second kappa shape index (κ2) is 60.7. The minimum absolute atomic E-state index is 0.189. The fraction of sp³-hybridized carbons (Fsp3) is 0.712. The van der Waals surface area contributed by atoms with Crippen molar-refractivity contribution in [2.24, 2.45) is 0 Å². The zero-order chi connectivity index (χ0) is 59.3. The highest BCUT2D eigenvalue weighted by molar-refractivity contribution is 5.76. The molecule has 1 aliphatic heterocycles. The van der Waals surface area contributed by atoms with Gasteiger partial charge in [0, 0.05) is 6.42 Å². The summed E-state index contributed by atoms with van der Waals surface area (Å²) >= 11 is 0. The van der Waals surface area contributed by atoms with Crippen LogP contribution in [0.3, 0.4) is 0 Å². The number of aliphatic hydroxyl groups is 5. The number of rotatable bonds is 57. The van der Waals surface area contributed by atoms with Gasteiger partial charge in [-0.15, -0.1) is 0 Å². The van der Waals surface area contributed by atoms with E-state index in [-0.39, 0.29) is 12.5 Å². The number of carbonyl (C=O) groups excluding carboxylic acids is 1. The van der Waals surface area contributed by atoms with Gasteiger partial charge in [-0.3, -0.25) is 4.79 Å². The van der Waals surface area contributed by atoms with Crippen LogP contribution in [0.15, 0.2) is 122 Å². The normalized spacial score (nSPS) is 19.1. The molecular weight excluding hydrogens is 1020 g/mol.